The molecule has 3 aliphatic rings. The number of piperidine rings is 1. The van der Waals surface area contributed by atoms with Gasteiger partial charge in [0.15, 0.2) is 0 Å². The number of aliphatic hydroxyl groups excluding tert-OH is 1. The minimum absolute atomic E-state index is 0.122. The summed E-state index contributed by atoms with van der Waals surface area (Å²) in [5.74, 6) is 0.295. The standard InChI is InChI=1S/C20H25N3O3S/c1-2-27(25,26)22-9-7-20(8-10-22)11-16(19(20)24)18-15-6-4-3-5-14(15)17-12-21-13-23(17)18/h3-6,12-13,16,18-19,24H,2,7-11H2,1H3/t16-,18-,19+/m0/s1. The Labute approximate surface area is 159 Å². The van der Waals surface area contributed by atoms with Gasteiger partial charge in [-0.15, -0.1) is 0 Å². The largest absolute Gasteiger partial charge is 0.392 e. The fourth-order valence-corrected chi connectivity index (χ4v) is 6.59. The number of benzene rings is 1. The Bertz CT molecular complexity index is 976. The average Bonchev–Trinajstić information content (AvgIpc) is 3.27. The van der Waals surface area contributed by atoms with Gasteiger partial charge in [0.05, 0.1) is 36.1 Å². The Morgan fingerprint density at radius 3 is 2.70 bits per heavy atom. The van der Waals surface area contributed by atoms with Gasteiger partial charge in [0.2, 0.25) is 10.0 Å². The van der Waals surface area contributed by atoms with Crippen LogP contribution in [-0.4, -0.2) is 52.3 Å². The number of aliphatic hydroxyl groups is 1. The lowest BCUT2D eigenvalue weighted by atomic mass is 9.53. The predicted octanol–water partition coefficient (Wildman–Crippen LogP) is 2.27. The van der Waals surface area contributed by atoms with E-state index in [2.05, 4.69) is 27.8 Å². The maximum Gasteiger partial charge on any atom is 0.213 e. The molecule has 2 fully saturated rings. The monoisotopic (exact) mass is 387 g/mol. The third-order valence-corrected chi connectivity index (χ3v) is 8.96. The molecule has 2 aromatic rings. The first-order valence-electron chi connectivity index (χ1n) is 9.74. The smallest absolute Gasteiger partial charge is 0.213 e. The van der Waals surface area contributed by atoms with Crippen LogP contribution in [0.15, 0.2) is 36.8 Å². The molecule has 5 rings (SSSR count). The maximum atomic E-state index is 12.1. The molecule has 3 atom stereocenters. The quantitative estimate of drug-likeness (QED) is 0.877. The lowest BCUT2D eigenvalue weighted by molar-refractivity contribution is -0.152. The van der Waals surface area contributed by atoms with Crippen LogP contribution in [0.25, 0.3) is 11.3 Å². The van der Waals surface area contributed by atoms with Crippen molar-refractivity contribution in [1.29, 1.82) is 0 Å². The summed E-state index contributed by atoms with van der Waals surface area (Å²) in [6.45, 7) is 2.74. The first kappa shape index (κ1) is 17.4. The summed E-state index contributed by atoms with van der Waals surface area (Å²) < 4.78 is 28.0. The zero-order chi connectivity index (χ0) is 18.8. The molecule has 1 aromatic carbocycles. The molecule has 1 saturated carbocycles. The van der Waals surface area contributed by atoms with E-state index < -0.39 is 16.1 Å². The molecule has 144 valence electrons. The number of fused-ring (bicyclic) bond motifs is 3. The van der Waals surface area contributed by atoms with E-state index in [0.29, 0.717) is 13.1 Å². The molecule has 1 saturated heterocycles. The van der Waals surface area contributed by atoms with Crippen molar-refractivity contribution in [2.75, 3.05) is 18.8 Å². The molecule has 6 nitrogen and oxygen atoms in total. The van der Waals surface area contributed by atoms with E-state index >= 15 is 0 Å². The molecule has 0 bridgehead atoms. The highest BCUT2D eigenvalue weighted by molar-refractivity contribution is 7.89. The third-order valence-electron chi connectivity index (χ3n) is 7.08. The molecule has 1 aliphatic carbocycles. The van der Waals surface area contributed by atoms with Crippen LogP contribution in [0.1, 0.15) is 37.8 Å². The number of rotatable bonds is 3. The second kappa shape index (κ2) is 5.90. The topological polar surface area (TPSA) is 75.4 Å². The van der Waals surface area contributed by atoms with Crippen molar-refractivity contribution in [3.05, 3.63) is 42.4 Å². The van der Waals surface area contributed by atoms with Crippen LogP contribution in [0.4, 0.5) is 0 Å². The molecule has 3 heterocycles. The minimum Gasteiger partial charge on any atom is -0.392 e. The maximum absolute atomic E-state index is 12.1. The van der Waals surface area contributed by atoms with Crippen LogP contribution in [0.5, 0.6) is 0 Å². The van der Waals surface area contributed by atoms with E-state index in [1.807, 2.05) is 18.6 Å². The van der Waals surface area contributed by atoms with Crippen molar-refractivity contribution < 1.29 is 13.5 Å². The number of nitrogens with zero attached hydrogens (tertiary/aromatic N) is 3. The predicted molar refractivity (Wildman–Crippen MR) is 103 cm³/mol. The number of aromatic nitrogens is 2. The molecule has 0 unspecified atom stereocenters. The molecule has 1 aromatic heterocycles. The minimum atomic E-state index is -3.14. The van der Waals surface area contributed by atoms with E-state index in [1.54, 1.807) is 11.2 Å². The highest BCUT2D eigenvalue weighted by atomic mass is 32.2. The Morgan fingerprint density at radius 1 is 1.26 bits per heavy atom. The lowest BCUT2D eigenvalue weighted by Crippen LogP contribution is -2.59. The molecule has 0 radical (unpaired) electrons. The van der Waals surface area contributed by atoms with E-state index in [0.717, 1.165) is 25.0 Å². The van der Waals surface area contributed by atoms with Crippen LogP contribution >= 0.6 is 0 Å². The van der Waals surface area contributed by atoms with Crippen LogP contribution < -0.4 is 0 Å². The number of hydrogen-bond acceptors (Lipinski definition) is 4. The van der Waals surface area contributed by atoms with Gasteiger partial charge < -0.3 is 9.67 Å². The normalized spacial score (nSPS) is 29.3. The number of sulfonamides is 1. The Balaban J connectivity index is 1.37. The van der Waals surface area contributed by atoms with Crippen molar-refractivity contribution in [3.8, 4) is 11.3 Å². The van der Waals surface area contributed by atoms with E-state index in [9.17, 15) is 13.5 Å². The van der Waals surface area contributed by atoms with Crippen molar-refractivity contribution in [3.63, 3.8) is 0 Å². The highest BCUT2D eigenvalue weighted by Crippen LogP contribution is 2.59. The summed E-state index contributed by atoms with van der Waals surface area (Å²) in [7, 11) is -3.14. The summed E-state index contributed by atoms with van der Waals surface area (Å²) >= 11 is 0. The van der Waals surface area contributed by atoms with Crippen molar-refractivity contribution in [1.82, 2.24) is 13.9 Å². The Hall–Kier alpha value is -1.70. The SMILES string of the molecule is CCS(=O)(=O)N1CCC2(CC1)C[C@@H]([C@@H]1c3ccccc3-c3cncn31)[C@H]2O. The Morgan fingerprint density at radius 2 is 2.00 bits per heavy atom. The van der Waals surface area contributed by atoms with Crippen LogP contribution in [0.3, 0.4) is 0 Å². The van der Waals surface area contributed by atoms with Gasteiger partial charge in [-0.1, -0.05) is 24.3 Å². The van der Waals surface area contributed by atoms with E-state index in [1.165, 1.54) is 11.1 Å². The van der Waals surface area contributed by atoms with Gasteiger partial charge in [0.25, 0.3) is 0 Å². The fraction of sp³-hybridized carbons (Fsp3) is 0.550. The van der Waals surface area contributed by atoms with Crippen molar-refractivity contribution in [2.24, 2.45) is 11.3 Å². The van der Waals surface area contributed by atoms with Crippen LogP contribution in [-0.2, 0) is 10.0 Å². The van der Waals surface area contributed by atoms with Gasteiger partial charge in [0, 0.05) is 24.6 Å². The molecular weight excluding hydrogens is 362 g/mol. The van der Waals surface area contributed by atoms with Crippen LogP contribution in [0, 0.1) is 11.3 Å². The lowest BCUT2D eigenvalue weighted by Gasteiger charge is -2.57. The van der Waals surface area contributed by atoms with Crippen molar-refractivity contribution >= 4 is 10.0 Å². The molecule has 27 heavy (non-hydrogen) atoms. The zero-order valence-electron chi connectivity index (χ0n) is 15.5. The summed E-state index contributed by atoms with van der Waals surface area (Å²) in [6.07, 6.45) is 5.78. The van der Waals surface area contributed by atoms with Crippen molar-refractivity contribution in [2.45, 2.75) is 38.3 Å². The summed E-state index contributed by atoms with van der Waals surface area (Å²) in [4.78, 5) is 4.32. The number of imidazole rings is 1. The third kappa shape index (κ3) is 2.38. The highest BCUT2D eigenvalue weighted by Gasteiger charge is 2.58. The van der Waals surface area contributed by atoms with Gasteiger partial charge in [-0.05, 0) is 37.2 Å². The summed E-state index contributed by atoms with van der Waals surface area (Å²) in [5.41, 5.74) is 3.45. The van der Waals surface area contributed by atoms with Gasteiger partial charge in [-0.2, -0.15) is 0 Å². The summed E-state index contributed by atoms with van der Waals surface area (Å²) in [6, 6.07) is 8.50. The molecular formula is C20H25N3O3S. The molecule has 1 spiro atoms. The second-order valence-corrected chi connectivity index (χ2v) is 10.5. The second-order valence-electron chi connectivity index (χ2n) is 8.19. The van der Waals surface area contributed by atoms with E-state index in [-0.39, 0.29) is 23.1 Å². The van der Waals surface area contributed by atoms with Gasteiger partial charge >= 0.3 is 0 Å². The van der Waals surface area contributed by atoms with Crippen LogP contribution in [0.2, 0.25) is 0 Å². The fourth-order valence-electron chi connectivity index (χ4n) is 5.48. The average molecular weight is 388 g/mol. The zero-order valence-corrected chi connectivity index (χ0v) is 16.3. The van der Waals surface area contributed by atoms with Gasteiger partial charge in [-0.3, -0.25) is 0 Å². The first-order valence-corrected chi connectivity index (χ1v) is 11.3. The summed E-state index contributed by atoms with van der Waals surface area (Å²) in [5, 5.41) is 11.2. The van der Waals surface area contributed by atoms with Gasteiger partial charge in [-0.25, -0.2) is 17.7 Å². The molecule has 2 aliphatic heterocycles. The molecule has 0 amide bonds. The van der Waals surface area contributed by atoms with E-state index in [4.69, 9.17) is 0 Å². The first-order chi connectivity index (χ1) is 13.0. The molecule has 7 heteroatoms. The Kier molecular flexibility index (Phi) is 3.80. The molecule has 1 N–H and O–H groups in total. The van der Waals surface area contributed by atoms with Gasteiger partial charge in [0.1, 0.15) is 0 Å². The number of hydrogen-bond donors (Lipinski definition) is 1.